The van der Waals surface area contributed by atoms with Crippen LogP contribution in [0.25, 0.3) is 0 Å². The van der Waals surface area contributed by atoms with Crippen molar-refractivity contribution in [1.29, 1.82) is 0 Å². The molecule has 0 unspecified atom stereocenters. The predicted octanol–water partition coefficient (Wildman–Crippen LogP) is 2.03. The predicted molar refractivity (Wildman–Crippen MR) is 114 cm³/mol. The van der Waals surface area contributed by atoms with Crippen LogP contribution in [0.3, 0.4) is 0 Å². The van der Waals surface area contributed by atoms with Gasteiger partial charge in [0.25, 0.3) is 5.91 Å². The number of nitrogens with zero attached hydrogens (tertiary/aromatic N) is 1. The summed E-state index contributed by atoms with van der Waals surface area (Å²) >= 11 is 0. The minimum absolute atomic E-state index is 0.265. The van der Waals surface area contributed by atoms with Gasteiger partial charge in [-0.15, -0.1) is 0 Å². The molecule has 1 aromatic rings. The minimum Gasteiger partial charge on any atom is -0.494 e. The summed E-state index contributed by atoms with van der Waals surface area (Å²) in [5, 5.41) is 7.92. The highest BCUT2D eigenvalue weighted by Crippen LogP contribution is 2.37. The number of ether oxygens (including phenoxy) is 1. The molecule has 168 valence electrons. The van der Waals surface area contributed by atoms with Crippen LogP contribution in [0.5, 0.6) is 5.75 Å². The lowest BCUT2D eigenvalue weighted by Gasteiger charge is -2.34. The lowest BCUT2D eigenvalue weighted by molar-refractivity contribution is -0.136. The molecule has 3 rings (SSSR count). The Labute approximate surface area is 181 Å². The van der Waals surface area contributed by atoms with Gasteiger partial charge >= 0.3 is 6.03 Å². The molecule has 9 heteroatoms. The molecule has 2 fully saturated rings. The van der Waals surface area contributed by atoms with Crippen molar-refractivity contribution in [3.63, 3.8) is 0 Å². The molecule has 1 aromatic carbocycles. The van der Waals surface area contributed by atoms with Crippen molar-refractivity contribution in [2.45, 2.75) is 51.5 Å². The smallest absolute Gasteiger partial charge is 0.325 e. The standard InChI is InChI=1S/C22H30N4O5/c1-3-15-9-11-22(12-10-15)20(29)26(21(30)25-22)14-19(28)23-13-18(27)24-16-5-7-17(8-6-16)31-4-2/h5-8,15H,3-4,9-14H2,1-2H3,(H,23,28)(H,24,27)(H,25,30). The van der Waals surface area contributed by atoms with Gasteiger partial charge in [0.2, 0.25) is 11.8 Å². The monoisotopic (exact) mass is 430 g/mol. The first kappa shape index (κ1) is 22.6. The fourth-order valence-corrected chi connectivity index (χ4v) is 4.12. The maximum Gasteiger partial charge on any atom is 0.325 e. The van der Waals surface area contributed by atoms with E-state index in [1.807, 2.05) is 6.92 Å². The molecule has 5 amide bonds. The van der Waals surface area contributed by atoms with Gasteiger partial charge in [0.05, 0.1) is 13.2 Å². The number of amides is 5. The summed E-state index contributed by atoms with van der Waals surface area (Å²) in [6.45, 7) is 3.89. The summed E-state index contributed by atoms with van der Waals surface area (Å²) < 4.78 is 5.34. The SMILES string of the molecule is CCOc1ccc(NC(=O)CNC(=O)CN2C(=O)NC3(CCC(CC)CC3)C2=O)cc1. The molecular formula is C22H30N4O5. The number of carbonyl (C=O) groups is 4. The molecule has 31 heavy (non-hydrogen) atoms. The highest BCUT2D eigenvalue weighted by Gasteiger charge is 2.52. The molecule has 3 N–H and O–H groups in total. The number of benzene rings is 1. The molecule has 0 bridgehead atoms. The summed E-state index contributed by atoms with van der Waals surface area (Å²) in [6, 6.07) is 6.32. The summed E-state index contributed by atoms with van der Waals surface area (Å²) in [7, 11) is 0. The Bertz CT molecular complexity index is 831. The zero-order valence-electron chi connectivity index (χ0n) is 18.0. The van der Waals surface area contributed by atoms with Gasteiger partial charge in [-0.3, -0.25) is 19.3 Å². The minimum atomic E-state index is -0.881. The first-order valence-corrected chi connectivity index (χ1v) is 10.8. The van der Waals surface area contributed by atoms with Gasteiger partial charge in [-0.1, -0.05) is 13.3 Å². The highest BCUT2D eigenvalue weighted by atomic mass is 16.5. The number of nitrogens with one attached hydrogen (secondary N) is 3. The van der Waals surface area contributed by atoms with Crippen molar-refractivity contribution < 1.29 is 23.9 Å². The summed E-state index contributed by atoms with van der Waals surface area (Å²) in [5.74, 6) is -0.0559. The normalized spacial score (nSPS) is 22.9. The molecule has 1 aliphatic carbocycles. The van der Waals surface area contributed by atoms with E-state index in [0.29, 0.717) is 36.8 Å². The van der Waals surface area contributed by atoms with Crippen LogP contribution in [0, 0.1) is 5.92 Å². The second-order valence-corrected chi connectivity index (χ2v) is 8.04. The van der Waals surface area contributed by atoms with Gasteiger partial charge in [0.1, 0.15) is 17.8 Å². The van der Waals surface area contributed by atoms with Crippen LogP contribution >= 0.6 is 0 Å². The highest BCUT2D eigenvalue weighted by molar-refractivity contribution is 6.09. The second kappa shape index (κ2) is 9.80. The number of rotatable bonds is 8. The molecule has 2 aliphatic rings. The van der Waals surface area contributed by atoms with Crippen molar-refractivity contribution in [1.82, 2.24) is 15.5 Å². The third kappa shape index (κ3) is 5.34. The van der Waals surface area contributed by atoms with Gasteiger partial charge in [-0.2, -0.15) is 0 Å². The number of hydrogen-bond acceptors (Lipinski definition) is 5. The Hall–Kier alpha value is -3.10. The Kier molecular flexibility index (Phi) is 7.14. The van der Waals surface area contributed by atoms with E-state index in [0.717, 1.165) is 24.2 Å². The van der Waals surface area contributed by atoms with E-state index in [4.69, 9.17) is 4.74 Å². The third-order valence-electron chi connectivity index (χ3n) is 5.98. The average molecular weight is 431 g/mol. The number of anilines is 1. The van der Waals surface area contributed by atoms with Crippen molar-refractivity contribution in [3.8, 4) is 5.75 Å². The van der Waals surface area contributed by atoms with Gasteiger partial charge in [-0.05, 0) is 62.8 Å². The molecule has 1 saturated heterocycles. The zero-order valence-corrected chi connectivity index (χ0v) is 18.0. The zero-order chi connectivity index (χ0) is 22.4. The van der Waals surface area contributed by atoms with Crippen molar-refractivity contribution in [2.75, 3.05) is 25.0 Å². The lowest BCUT2D eigenvalue weighted by Crippen LogP contribution is -2.50. The average Bonchev–Trinajstić information content (AvgIpc) is 2.98. The van der Waals surface area contributed by atoms with Gasteiger partial charge in [0, 0.05) is 5.69 Å². The summed E-state index contributed by atoms with van der Waals surface area (Å²) in [5.41, 5.74) is -0.310. The third-order valence-corrected chi connectivity index (χ3v) is 5.98. The van der Waals surface area contributed by atoms with E-state index in [1.54, 1.807) is 24.3 Å². The van der Waals surface area contributed by atoms with Crippen LogP contribution in [0.15, 0.2) is 24.3 Å². The molecule has 0 radical (unpaired) electrons. The number of carbonyl (C=O) groups excluding carboxylic acids is 4. The van der Waals surface area contributed by atoms with E-state index in [9.17, 15) is 19.2 Å². The number of imide groups is 1. The molecule has 9 nitrogen and oxygen atoms in total. The van der Waals surface area contributed by atoms with Crippen LogP contribution in [-0.2, 0) is 14.4 Å². The topological polar surface area (TPSA) is 117 Å². The first-order valence-electron chi connectivity index (χ1n) is 10.8. The van der Waals surface area contributed by atoms with E-state index in [-0.39, 0.29) is 12.5 Å². The van der Waals surface area contributed by atoms with E-state index in [2.05, 4.69) is 22.9 Å². The molecule has 1 aliphatic heterocycles. The van der Waals surface area contributed by atoms with E-state index >= 15 is 0 Å². The molecule has 1 heterocycles. The van der Waals surface area contributed by atoms with E-state index < -0.39 is 29.9 Å². The molecular weight excluding hydrogens is 400 g/mol. The van der Waals surface area contributed by atoms with Gasteiger partial charge < -0.3 is 20.7 Å². The maximum atomic E-state index is 12.8. The van der Waals surface area contributed by atoms with E-state index in [1.165, 1.54) is 0 Å². The molecule has 0 aromatic heterocycles. The molecule has 0 atom stereocenters. The maximum absolute atomic E-state index is 12.8. The Morgan fingerprint density at radius 2 is 1.81 bits per heavy atom. The summed E-state index contributed by atoms with van der Waals surface area (Å²) in [4.78, 5) is 50.5. The fourth-order valence-electron chi connectivity index (χ4n) is 4.12. The fraction of sp³-hybridized carbons (Fsp3) is 0.545. The summed E-state index contributed by atoms with van der Waals surface area (Å²) in [6.07, 6.45) is 4.02. The second-order valence-electron chi connectivity index (χ2n) is 8.04. The van der Waals surface area contributed by atoms with Crippen LogP contribution in [-0.4, -0.2) is 53.9 Å². The quantitative estimate of drug-likeness (QED) is 0.546. The Balaban J connectivity index is 1.46. The number of urea groups is 1. The van der Waals surface area contributed by atoms with Crippen LogP contribution < -0.4 is 20.7 Å². The van der Waals surface area contributed by atoms with Gasteiger partial charge in [-0.25, -0.2) is 4.79 Å². The molecule has 1 spiro atoms. The largest absolute Gasteiger partial charge is 0.494 e. The Morgan fingerprint density at radius 3 is 2.42 bits per heavy atom. The van der Waals surface area contributed by atoms with Crippen LogP contribution in [0.1, 0.15) is 46.0 Å². The van der Waals surface area contributed by atoms with Crippen molar-refractivity contribution >= 4 is 29.4 Å². The number of hydrogen-bond donors (Lipinski definition) is 3. The van der Waals surface area contributed by atoms with Gasteiger partial charge in [0.15, 0.2) is 0 Å². The van der Waals surface area contributed by atoms with Crippen molar-refractivity contribution in [2.24, 2.45) is 5.92 Å². The van der Waals surface area contributed by atoms with Crippen LogP contribution in [0.2, 0.25) is 0 Å². The lowest BCUT2D eigenvalue weighted by atomic mass is 9.75. The molecule has 1 saturated carbocycles. The Morgan fingerprint density at radius 1 is 1.13 bits per heavy atom. The van der Waals surface area contributed by atoms with Crippen molar-refractivity contribution in [3.05, 3.63) is 24.3 Å². The first-order chi connectivity index (χ1) is 14.9. The van der Waals surface area contributed by atoms with Crippen LogP contribution in [0.4, 0.5) is 10.5 Å².